The third-order valence-corrected chi connectivity index (χ3v) is 4.86. The monoisotopic (exact) mass is 364 g/mol. The molecular weight excluding hydrogens is 340 g/mol. The molecule has 0 radical (unpaired) electrons. The number of hydrogen-bond acceptors (Lipinski definition) is 4. The van der Waals surface area contributed by atoms with Gasteiger partial charge in [0, 0.05) is 12.1 Å². The van der Waals surface area contributed by atoms with Crippen molar-refractivity contribution in [2.75, 3.05) is 32.6 Å². The SMILES string of the molecule is C#CCN(CC(=O)Nc1cc(OC)ccc1OC)[C@@H]1CCc2ccccc21. The first kappa shape index (κ1) is 18.8. The molecule has 1 atom stereocenters. The number of carbonyl (C=O) groups is 1. The first-order valence-electron chi connectivity index (χ1n) is 8.93. The van der Waals surface area contributed by atoms with Crippen molar-refractivity contribution in [3.8, 4) is 23.8 Å². The van der Waals surface area contributed by atoms with Crippen LogP contribution in [0.25, 0.3) is 0 Å². The van der Waals surface area contributed by atoms with Crippen LogP contribution in [0.4, 0.5) is 5.69 Å². The van der Waals surface area contributed by atoms with Gasteiger partial charge in [0.2, 0.25) is 5.91 Å². The number of carbonyl (C=O) groups excluding carboxylic acids is 1. The highest BCUT2D eigenvalue weighted by Gasteiger charge is 2.28. The fourth-order valence-corrected chi connectivity index (χ4v) is 3.59. The Kier molecular flexibility index (Phi) is 6.00. The maximum Gasteiger partial charge on any atom is 0.238 e. The van der Waals surface area contributed by atoms with Crippen LogP contribution in [-0.4, -0.2) is 38.1 Å². The highest BCUT2D eigenvalue weighted by Crippen LogP contribution is 2.35. The van der Waals surface area contributed by atoms with E-state index in [4.69, 9.17) is 15.9 Å². The Morgan fingerprint density at radius 2 is 2.07 bits per heavy atom. The van der Waals surface area contributed by atoms with Gasteiger partial charge in [-0.15, -0.1) is 6.42 Å². The summed E-state index contributed by atoms with van der Waals surface area (Å²) in [6.07, 6.45) is 7.55. The third kappa shape index (κ3) is 4.24. The Bertz CT molecular complexity index is 857. The molecule has 27 heavy (non-hydrogen) atoms. The van der Waals surface area contributed by atoms with E-state index in [-0.39, 0.29) is 18.5 Å². The maximum absolute atomic E-state index is 12.7. The van der Waals surface area contributed by atoms with Crippen LogP contribution >= 0.6 is 0 Å². The van der Waals surface area contributed by atoms with Crippen LogP contribution < -0.4 is 14.8 Å². The van der Waals surface area contributed by atoms with E-state index in [1.165, 1.54) is 11.1 Å². The molecular formula is C22H24N2O3. The molecule has 0 bridgehead atoms. The molecule has 5 heteroatoms. The normalized spacial score (nSPS) is 15.1. The molecule has 0 aromatic heterocycles. The van der Waals surface area contributed by atoms with Gasteiger partial charge < -0.3 is 14.8 Å². The lowest BCUT2D eigenvalue weighted by Crippen LogP contribution is -2.36. The summed E-state index contributed by atoms with van der Waals surface area (Å²) in [7, 11) is 3.15. The van der Waals surface area contributed by atoms with Gasteiger partial charge in [-0.05, 0) is 36.1 Å². The molecule has 5 nitrogen and oxygen atoms in total. The molecule has 0 aliphatic heterocycles. The molecule has 3 rings (SSSR count). The van der Waals surface area contributed by atoms with E-state index in [0.717, 1.165) is 12.8 Å². The molecule has 140 valence electrons. The quantitative estimate of drug-likeness (QED) is 0.766. The molecule has 0 saturated heterocycles. The maximum atomic E-state index is 12.7. The summed E-state index contributed by atoms with van der Waals surface area (Å²) in [6.45, 7) is 0.630. The van der Waals surface area contributed by atoms with E-state index < -0.39 is 0 Å². The lowest BCUT2D eigenvalue weighted by molar-refractivity contribution is -0.117. The van der Waals surface area contributed by atoms with Gasteiger partial charge in [-0.3, -0.25) is 9.69 Å². The van der Waals surface area contributed by atoms with Crippen molar-refractivity contribution in [3.63, 3.8) is 0 Å². The lowest BCUT2D eigenvalue weighted by Gasteiger charge is -2.27. The first-order valence-corrected chi connectivity index (χ1v) is 8.93. The fraction of sp³-hybridized carbons (Fsp3) is 0.318. The molecule has 0 heterocycles. The smallest absolute Gasteiger partial charge is 0.238 e. The number of benzene rings is 2. The highest BCUT2D eigenvalue weighted by atomic mass is 16.5. The Hall–Kier alpha value is -2.97. The topological polar surface area (TPSA) is 50.8 Å². The molecule has 0 unspecified atom stereocenters. The molecule has 1 amide bonds. The molecule has 2 aromatic rings. The molecule has 1 aliphatic rings. The van der Waals surface area contributed by atoms with Gasteiger partial charge in [-0.25, -0.2) is 0 Å². The zero-order valence-corrected chi connectivity index (χ0v) is 15.7. The van der Waals surface area contributed by atoms with Crippen LogP contribution in [0, 0.1) is 12.3 Å². The number of fused-ring (bicyclic) bond motifs is 1. The largest absolute Gasteiger partial charge is 0.497 e. The van der Waals surface area contributed by atoms with E-state index >= 15 is 0 Å². The van der Waals surface area contributed by atoms with Crippen molar-refractivity contribution in [1.82, 2.24) is 4.90 Å². The average Bonchev–Trinajstić information content (AvgIpc) is 3.11. The number of hydrogen-bond donors (Lipinski definition) is 1. The minimum absolute atomic E-state index is 0.138. The molecule has 0 spiro atoms. The van der Waals surface area contributed by atoms with Gasteiger partial charge >= 0.3 is 0 Å². The van der Waals surface area contributed by atoms with E-state index in [0.29, 0.717) is 23.7 Å². The van der Waals surface area contributed by atoms with Crippen molar-refractivity contribution in [2.45, 2.75) is 18.9 Å². The number of nitrogens with zero attached hydrogens (tertiary/aromatic N) is 1. The number of aryl methyl sites for hydroxylation is 1. The number of amides is 1. The van der Waals surface area contributed by atoms with Crippen LogP contribution in [0.1, 0.15) is 23.6 Å². The third-order valence-electron chi connectivity index (χ3n) is 4.86. The number of terminal acetylenes is 1. The summed E-state index contributed by atoms with van der Waals surface area (Å²) in [6, 6.07) is 13.8. The second-order valence-corrected chi connectivity index (χ2v) is 6.48. The summed E-state index contributed by atoms with van der Waals surface area (Å²) in [5, 5.41) is 2.92. The van der Waals surface area contributed by atoms with Crippen LogP contribution in [0.2, 0.25) is 0 Å². The second-order valence-electron chi connectivity index (χ2n) is 6.48. The van der Waals surface area contributed by atoms with Gasteiger partial charge in [-0.1, -0.05) is 30.2 Å². The summed E-state index contributed by atoms with van der Waals surface area (Å²) in [5.74, 6) is 3.78. The zero-order valence-electron chi connectivity index (χ0n) is 15.7. The fourth-order valence-electron chi connectivity index (χ4n) is 3.59. The van der Waals surface area contributed by atoms with Gasteiger partial charge in [0.15, 0.2) is 0 Å². The van der Waals surface area contributed by atoms with Crippen LogP contribution in [0.15, 0.2) is 42.5 Å². The Morgan fingerprint density at radius 3 is 2.81 bits per heavy atom. The number of rotatable bonds is 7. The average molecular weight is 364 g/mol. The molecule has 0 fully saturated rings. The summed E-state index contributed by atoms with van der Waals surface area (Å²) < 4.78 is 10.6. The van der Waals surface area contributed by atoms with Crippen molar-refractivity contribution < 1.29 is 14.3 Å². The van der Waals surface area contributed by atoms with E-state index in [1.54, 1.807) is 32.4 Å². The van der Waals surface area contributed by atoms with Crippen molar-refractivity contribution in [3.05, 3.63) is 53.6 Å². The van der Waals surface area contributed by atoms with Crippen molar-refractivity contribution in [1.29, 1.82) is 0 Å². The highest BCUT2D eigenvalue weighted by molar-refractivity contribution is 5.94. The summed E-state index contributed by atoms with van der Waals surface area (Å²) in [4.78, 5) is 14.8. The summed E-state index contributed by atoms with van der Waals surface area (Å²) in [5.41, 5.74) is 3.17. The number of methoxy groups -OCH3 is 2. The molecule has 1 N–H and O–H groups in total. The van der Waals surface area contributed by atoms with Crippen LogP contribution in [-0.2, 0) is 11.2 Å². The molecule has 0 saturated carbocycles. The first-order chi connectivity index (χ1) is 13.2. The summed E-state index contributed by atoms with van der Waals surface area (Å²) >= 11 is 0. The number of anilines is 1. The van der Waals surface area contributed by atoms with Crippen LogP contribution in [0.3, 0.4) is 0 Å². The standard InChI is InChI=1S/C22H24N2O3/c1-4-13-24(20-11-9-16-7-5-6-8-18(16)20)15-22(25)23-19-14-17(26-2)10-12-21(19)27-3/h1,5-8,10,12,14,20H,9,11,13,15H2,2-3H3,(H,23,25)/t20-/m1/s1. The van der Waals surface area contributed by atoms with E-state index in [1.807, 2.05) is 11.0 Å². The minimum atomic E-state index is -0.138. The number of ether oxygens (including phenoxy) is 2. The molecule has 2 aromatic carbocycles. The number of nitrogens with one attached hydrogen (secondary N) is 1. The Balaban J connectivity index is 1.74. The van der Waals surface area contributed by atoms with E-state index in [9.17, 15) is 4.79 Å². The van der Waals surface area contributed by atoms with Crippen LogP contribution in [0.5, 0.6) is 11.5 Å². The lowest BCUT2D eigenvalue weighted by atomic mass is 10.1. The second kappa shape index (κ2) is 8.61. The Morgan fingerprint density at radius 1 is 1.26 bits per heavy atom. The predicted molar refractivity (Wildman–Crippen MR) is 106 cm³/mol. The molecule has 1 aliphatic carbocycles. The van der Waals surface area contributed by atoms with Gasteiger partial charge in [0.05, 0.1) is 33.0 Å². The Labute approximate surface area is 160 Å². The van der Waals surface area contributed by atoms with Gasteiger partial charge in [0.25, 0.3) is 0 Å². The van der Waals surface area contributed by atoms with Gasteiger partial charge in [0.1, 0.15) is 11.5 Å². The predicted octanol–water partition coefficient (Wildman–Crippen LogP) is 3.27. The minimum Gasteiger partial charge on any atom is -0.497 e. The van der Waals surface area contributed by atoms with Crippen molar-refractivity contribution in [2.24, 2.45) is 0 Å². The van der Waals surface area contributed by atoms with E-state index in [2.05, 4.69) is 29.4 Å². The van der Waals surface area contributed by atoms with Gasteiger partial charge in [-0.2, -0.15) is 0 Å². The van der Waals surface area contributed by atoms with Crippen molar-refractivity contribution >= 4 is 11.6 Å². The zero-order chi connectivity index (χ0) is 19.2.